The molecule has 1 aliphatic rings. The Morgan fingerprint density at radius 1 is 1.24 bits per heavy atom. The van der Waals surface area contributed by atoms with Gasteiger partial charge in [-0.05, 0) is 12.1 Å². The summed E-state index contributed by atoms with van der Waals surface area (Å²) in [6, 6.07) is 4.15. The number of carbonyl (C=O) groups is 1. The lowest BCUT2D eigenvalue weighted by Crippen LogP contribution is -2.22. The van der Waals surface area contributed by atoms with Gasteiger partial charge < -0.3 is 25.3 Å². The van der Waals surface area contributed by atoms with Crippen LogP contribution in [0.2, 0.25) is 0 Å². The Morgan fingerprint density at radius 3 is 2.29 bits per heavy atom. The van der Waals surface area contributed by atoms with Crippen LogP contribution >= 0.6 is 0 Å². The van der Waals surface area contributed by atoms with E-state index in [1.807, 2.05) is 0 Å². The molecule has 0 aromatic heterocycles. The number of carboxylic acids is 1. The standard InChI is InChI=1S/C11H13NO5/c13-8-3-6(1-2-7(8)11(16)17)12-4-9(14)10(15)5-12/h1-3,9-10,13-15H,4-5H2,(H,16,17). The Labute approximate surface area is 97.3 Å². The second kappa shape index (κ2) is 4.23. The zero-order valence-electron chi connectivity index (χ0n) is 8.95. The van der Waals surface area contributed by atoms with Crippen LogP contribution in [-0.4, -0.2) is 51.7 Å². The minimum Gasteiger partial charge on any atom is -0.507 e. The van der Waals surface area contributed by atoms with E-state index in [2.05, 4.69) is 0 Å². The highest BCUT2D eigenvalue weighted by atomic mass is 16.4. The van der Waals surface area contributed by atoms with Gasteiger partial charge in [0.15, 0.2) is 0 Å². The topological polar surface area (TPSA) is 101 Å². The number of aliphatic hydroxyl groups is 2. The molecular formula is C11H13NO5. The van der Waals surface area contributed by atoms with Crippen LogP contribution in [0.3, 0.4) is 0 Å². The van der Waals surface area contributed by atoms with Crippen molar-refractivity contribution in [2.75, 3.05) is 18.0 Å². The second-order valence-electron chi connectivity index (χ2n) is 4.05. The Balaban J connectivity index is 2.24. The first kappa shape index (κ1) is 11.7. The van der Waals surface area contributed by atoms with E-state index in [0.29, 0.717) is 5.69 Å². The molecular weight excluding hydrogens is 226 g/mol. The Kier molecular flexibility index (Phi) is 2.91. The van der Waals surface area contributed by atoms with E-state index in [-0.39, 0.29) is 24.4 Å². The fourth-order valence-electron chi connectivity index (χ4n) is 1.88. The van der Waals surface area contributed by atoms with Gasteiger partial charge in [-0.1, -0.05) is 0 Å². The quantitative estimate of drug-likeness (QED) is 0.562. The molecule has 6 nitrogen and oxygen atoms in total. The molecule has 92 valence electrons. The summed E-state index contributed by atoms with van der Waals surface area (Å²) < 4.78 is 0. The molecule has 1 aliphatic heterocycles. The number of aromatic carboxylic acids is 1. The predicted molar refractivity (Wildman–Crippen MR) is 59.3 cm³/mol. The molecule has 0 bridgehead atoms. The third kappa shape index (κ3) is 2.17. The van der Waals surface area contributed by atoms with Gasteiger partial charge >= 0.3 is 5.97 Å². The van der Waals surface area contributed by atoms with E-state index >= 15 is 0 Å². The van der Waals surface area contributed by atoms with Crippen molar-refractivity contribution in [2.45, 2.75) is 12.2 Å². The summed E-state index contributed by atoms with van der Waals surface area (Å²) in [5.41, 5.74) is 0.400. The number of phenols is 1. The minimum absolute atomic E-state index is 0.172. The van der Waals surface area contributed by atoms with Gasteiger partial charge in [-0.15, -0.1) is 0 Å². The number of hydrogen-bond acceptors (Lipinski definition) is 5. The lowest BCUT2D eigenvalue weighted by Gasteiger charge is -2.18. The van der Waals surface area contributed by atoms with E-state index in [1.54, 1.807) is 4.90 Å². The van der Waals surface area contributed by atoms with Crippen LogP contribution in [0.1, 0.15) is 10.4 Å². The molecule has 2 rings (SSSR count). The number of anilines is 1. The van der Waals surface area contributed by atoms with E-state index < -0.39 is 18.2 Å². The molecule has 0 spiro atoms. The van der Waals surface area contributed by atoms with Crippen molar-refractivity contribution in [3.8, 4) is 5.75 Å². The number of hydrogen-bond donors (Lipinski definition) is 4. The summed E-state index contributed by atoms with van der Waals surface area (Å²) in [5.74, 6) is -1.53. The van der Waals surface area contributed by atoms with Gasteiger partial charge in [0, 0.05) is 24.8 Å². The zero-order chi connectivity index (χ0) is 12.6. The van der Waals surface area contributed by atoms with Crippen molar-refractivity contribution in [1.29, 1.82) is 0 Å². The summed E-state index contributed by atoms with van der Waals surface area (Å²) >= 11 is 0. The number of nitrogens with zero attached hydrogens (tertiary/aromatic N) is 1. The fraction of sp³-hybridized carbons (Fsp3) is 0.364. The Hall–Kier alpha value is -1.79. The first-order valence-electron chi connectivity index (χ1n) is 5.16. The van der Waals surface area contributed by atoms with E-state index in [0.717, 1.165) is 0 Å². The molecule has 17 heavy (non-hydrogen) atoms. The largest absolute Gasteiger partial charge is 0.507 e. The number of β-amino-alcohol motifs (C(OH)–C–C–N with tert-alkyl or cyclic N) is 2. The Morgan fingerprint density at radius 2 is 1.82 bits per heavy atom. The molecule has 2 unspecified atom stereocenters. The molecule has 1 aromatic carbocycles. The molecule has 6 heteroatoms. The van der Waals surface area contributed by atoms with Gasteiger partial charge in [0.2, 0.25) is 0 Å². The van der Waals surface area contributed by atoms with E-state index in [1.165, 1.54) is 18.2 Å². The van der Waals surface area contributed by atoms with Crippen molar-refractivity contribution in [3.63, 3.8) is 0 Å². The zero-order valence-corrected chi connectivity index (χ0v) is 8.95. The monoisotopic (exact) mass is 239 g/mol. The molecule has 1 heterocycles. The number of aliphatic hydroxyl groups excluding tert-OH is 2. The predicted octanol–water partition coefficient (Wildman–Crippen LogP) is -0.368. The van der Waals surface area contributed by atoms with Crippen LogP contribution in [-0.2, 0) is 0 Å². The average Bonchev–Trinajstić information content (AvgIpc) is 2.58. The molecule has 0 saturated carbocycles. The highest BCUT2D eigenvalue weighted by molar-refractivity contribution is 5.91. The van der Waals surface area contributed by atoms with Crippen molar-refractivity contribution < 1.29 is 25.2 Å². The van der Waals surface area contributed by atoms with Crippen LogP contribution in [0.5, 0.6) is 5.75 Å². The van der Waals surface area contributed by atoms with Crippen molar-refractivity contribution in [2.24, 2.45) is 0 Å². The smallest absolute Gasteiger partial charge is 0.339 e. The van der Waals surface area contributed by atoms with E-state index in [9.17, 15) is 20.1 Å². The lowest BCUT2D eigenvalue weighted by molar-refractivity contribution is 0.0572. The van der Waals surface area contributed by atoms with Crippen molar-refractivity contribution in [1.82, 2.24) is 0 Å². The SMILES string of the molecule is O=C(O)c1ccc(N2CC(O)C(O)C2)cc1O. The molecule has 2 atom stereocenters. The molecule has 1 fully saturated rings. The normalized spacial score (nSPS) is 24.0. The molecule has 4 N–H and O–H groups in total. The van der Waals surface area contributed by atoms with Crippen molar-refractivity contribution >= 4 is 11.7 Å². The number of rotatable bonds is 2. The third-order valence-corrected chi connectivity index (χ3v) is 2.84. The van der Waals surface area contributed by atoms with Gasteiger partial charge in [-0.2, -0.15) is 0 Å². The van der Waals surface area contributed by atoms with Gasteiger partial charge in [0.25, 0.3) is 0 Å². The summed E-state index contributed by atoms with van der Waals surface area (Å²) in [7, 11) is 0. The average molecular weight is 239 g/mol. The molecule has 0 aliphatic carbocycles. The summed E-state index contributed by atoms with van der Waals surface area (Å²) in [6.07, 6.45) is -1.65. The first-order chi connectivity index (χ1) is 7.99. The summed E-state index contributed by atoms with van der Waals surface area (Å²) in [6.45, 7) is 0.514. The maximum Gasteiger partial charge on any atom is 0.339 e. The fourth-order valence-corrected chi connectivity index (χ4v) is 1.88. The van der Waals surface area contributed by atoms with Crippen LogP contribution < -0.4 is 4.90 Å². The summed E-state index contributed by atoms with van der Waals surface area (Å²) in [4.78, 5) is 12.4. The molecule has 0 amide bonds. The van der Waals surface area contributed by atoms with Crippen molar-refractivity contribution in [3.05, 3.63) is 23.8 Å². The minimum atomic E-state index is -1.20. The number of aromatic hydroxyl groups is 1. The highest BCUT2D eigenvalue weighted by Crippen LogP contribution is 2.27. The maximum absolute atomic E-state index is 10.7. The lowest BCUT2D eigenvalue weighted by atomic mass is 10.1. The van der Waals surface area contributed by atoms with Gasteiger partial charge in [-0.3, -0.25) is 0 Å². The summed E-state index contributed by atoms with van der Waals surface area (Å²) in [5, 5.41) is 37.1. The van der Waals surface area contributed by atoms with Crippen LogP contribution in [0.25, 0.3) is 0 Å². The number of benzene rings is 1. The van der Waals surface area contributed by atoms with Gasteiger partial charge in [0.05, 0.1) is 12.2 Å². The van der Waals surface area contributed by atoms with Crippen LogP contribution in [0, 0.1) is 0 Å². The third-order valence-electron chi connectivity index (χ3n) is 2.84. The Bertz CT molecular complexity index is 437. The molecule has 1 saturated heterocycles. The van der Waals surface area contributed by atoms with Gasteiger partial charge in [-0.25, -0.2) is 4.79 Å². The number of carboxylic acid groups (broad SMARTS) is 1. The first-order valence-corrected chi connectivity index (χ1v) is 5.16. The van der Waals surface area contributed by atoms with Crippen LogP contribution in [0.15, 0.2) is 18.2 Å². The second-order valence-corrected chi connectivity index (χ2v) is 4.05. The molecule has 0 radical (unpaired) electrons. The highest BCUT2D eigenvalue weighted by Gasteiger charge is 2.30. The van der Waals surface area contributed by atoms with E-state index in [4.69, 9.17) is 5.11 Å². The molecule has 1 aromatic rings. The maximum atomic E-state index is 10.7. The van der Waals surface area contributed by atoms with Crippen LogP contribution in [0.4, 0.5) is 5.69 Å². The van der Waals surface area contributed by atoms with Gasteiger partial charge in [0.1, 0.15) is 11.3 Å².